The van der Waals surface area contributed by atoms with Gasteiger partial charge in [0.05, 0.1) is 17.6 Å². The topological polar surface area (TPSA) is 118 Å². The first kappa shape index (κ1) is 30.5. The zero-order valence-corrected chi connectivity index (χ0v) is 25.4. The Morgan fingerprint density at radius 2 is 1.53 bits per heavy atom. The van der Waals surface area contributed by atoms with Crippen LogP contribution >= 0.6 is 0 Å². The van der Waals surface area contributed by atoms with Gasteiger partial charge in [0.25, 0.3) is 11.8 Å². The maximum absolute atomic E-state index is 13.0. The maximum atomic E-state index is 13.0. The molecule has 11 heteroatoms. The second-order valence-electron chi connectivity index (χ2n) is 11.2. The number of amides is 2. The molecule has 1 N–H and O–H groups in total. The molecule has 2 aliphatic rings. The number of pyridine rings is 1. The quantitative estimate of drug-likeness (QED) is 0.393. The Labute approximate surface area is 252 Å². The number of nitrogens with one attached hydrogen (secondary N) is 1. The molecule has 0 bridgehead atoms. The number of aromatic nitrogens is 1. The Bertz CT molecular complexity index is 1490. The lowest BCUT2D eigenvalue weighted by Crippen LogP contribution is -2.44. The van der Waals surface area contributed by atoms with Gasteiger partial charge >= 0.3 is 0 Å². The van der Waals surface area contributed by atoms with Crippen LogP contribution in [0, 0.1) is 0 Å². The molecule has 2 saturated heterocycles. The number of rotatable bonds is 9. The lowest BCUT2D eigenvalue weighted by molar-refractivity contribution is 0.0589. The molecule has 228 valence electrons. The standard InChI is InChI=1S/C32H38N4O6S/c1-41-26-6-8-27(9-7-26)42-28-15-19-36(20-16-28)32(38)30-12-5-24(21-33-30)31(37)34-25-13-17-35(18-14-25)22-23-3-10-29(11-4-23)43(2,39)40/h3-12,21,25,28H,13-20,22H2,1-2H3,(H,34,37). The Hall–Kier alpha value is -3.96. The number of ether oxygens (including phenoxy) is 2. The summed E-state index contributed by atoms with van der Waals surface area (Å²) >= 11 is 0. The average molecular weight is 607 g/mol. The number of carbonyl (C=O) groups excluding carboxylic acids is 2. The van der Waals surface area contributed by atoms with E-state index in [-0.39, 0.29) is 24.0 Å². The number of carbonyl (C=O) groups is 2. The molecule has 3 heterocycles. The molecule has 2 amide bonds. The first-order chi connectivity index (χ1) is 20.7. The number of piperidine rings is 2. The third-order valence-electron chi connectivity index (χ3n) is 8.02. The molecule has 0 unspecified atom stereocenters. The summed E-state index contributed by atoms with van der Waals surface area (Å²) in [6, 6.07) is 17.8. The van der Waals surface area contributed by atoms with Gasteiger partial charge in [0.1, 0.15) is 23.3 Å². The summed E-state index contributed by atoms with van der Waals surface area (Å²) in [5, 5.41) is 3.10. The SMILES string of the molecule is COc1ccc(OC2CCN(C(=O)c3ccc(C(=O)NC4CCN(Cc5ccc(S(C)(=O)=O)cc5)CC4)cn3)CC2)cc1. The zero-order valence-electron chi connectivity index (χ0n) is 24.6. The van der Waals surface area contributed by atoms with Crippen LogP contribution in [-0.2, 0) is 16.4 Å². The van der Waals surface area contributed by atoms with Gasteiger partial charge < -0.3 is 19.7 Å². The van der Waals surface area contributed by atoms with Crippen LogP contribution in [0.4, 0.5) is 0 Å². The van der Waals surface area contributed by atoms with E-state index in [0.717, 1.165) is 62.4 Å². The maximum Gasteiger partial charge on any atom is 0.272 e. The second-order valence-corrected chi connectivity index (χ2v) is 13.2. The van der Waals surface area contributed by atoms with Crippen LogP contribution in [-0.4, -0.2) is 86.7 Å². The molecule has 1 aromatic heterocycles. The van der Waals surface area contributed by atoms with Crippen molar-refractivity contribution < 1.29 is 27.5 Å². The molecular weight excluding hydrogens is 568 g/mol. The van der Waals surface area contributed by atoms with Crippen molar-refractivity contribution in [2.75, 3.05) is 39.5 Å². The molecule has 10 nitrogen and oxygen atoms in total. The highest BCUT2D eigenvalue weighted by Gasteiger charge is 2.26. The minimum Gasteiger partial charge on any atom is -0.497 e. The van der Waals surface area contributed by atoms with E-state index >= 15 is 0 Å². The smallest absolute Gasteiger partial charge is 0.272 e. The molecule has 0 saturated carbocycles. The van der Waals surface area contributed by atoms with Gasteiger partial charge in [0, 0.05) is 64.1 Å². The van der Waals surface area contributed by atoms with Gasteiger partial charge in [-0.2, -0.15) is 0 Å². The predicted octanol–water partition coefficient (Wildman–Crippen LogP) is 3.57. The number of hydrogen-bond donors (Lipinski definition) is 1. The summed E-state index contributed by atoms with van der Waals surface area (Å²) in [7, 11) is -1.58. The van der Waals surface area contributed by atoms with Crippen molar-refractivity contribution in [3.8, 4) is 11.5 Å². The molecule has 2 aliphatic heterocycles. The Morgan fingerprint density at radius 1 is 0.884 bits per heavy atom. The minimum absolute atomic E-state index is 0.0387. The Morgan fingerprint density at radius 3 is 2.12 bits per heavy atom. The van der Waals surface area contributed by atoms with Gasteiger partial charge in [-0.25, -0.2) is 8.42 Å². The van der Waals surface area contributed by atoms with E-state index < -0.39 is 9.84 Å². The molecule has 0 atom stereocenters. The monoisotopic (exact) mass is 606 g/mol. The lowest BCUT2D eigenvalue weighted by atomic mass is 10.0. The largest absolute Gasteiger partial charge is 0.497 e. The normalized spacial score (nSPS) is 16.9. The molecule has 2 aromatic carbocycles. The number of sulfone groups is 1. The van der Waals surface area contributed by atoms with Crippen LogP contribution in [0.15, 0.2) is 71.8 Å². The van der Waals surface area contributed by atoms with Crippen LogP contribution in [0.1, 0.15) is 52.1 Å². The first-order valence-electron chi connectivity index (χ1n) is 14.6. The van der Waals surface area contributed by atoms with Crippen LogP contribution in [0.25, 0.3) is 0 Å². The number of benzene rings is 2. The molecule has 43 heavy (non-hydrogen) atoms. The van der Waals surface area contributed by atoms with E-state index in [9.17, 15) is 18.0 Å². The van der Waals surface area contributed by atoms with E-state index in [0.29, 0.717) is 29.2 Å². The molecule has 0 aliphatic carbocycles. The highest BCUT2D eigenvalue weighted by Crippen LogP contribution is 2.23. The summed E-state index contributed by atoms with van der Waals surface area (Å²) in [6.45, 7) is 3.54. The van der Waals surface area contributed by atoms with Crippen molar-refractivity contribution in [3.05, 3.63) is 83.7 Å². The summed E-state index contributed by atoms with van der Waals surface area (Å²) in [5.41, 5.74) is 1.81. The molecule has 3 aromatic rings. The fourth-order valence-corrected chi connectivity index (χ4v) is 6.08. The lowest BCUT2D eigenvalue weighted by Gasteiger charge is -2.32. The number of likely N-dealkylation sites (tertiary alicyclic amines) is 2. The van der Waals surface area contributed by atoms with Gasteiger partial charge in [-0.3, -0.25) is 19.5 Å². The summed E-state index contributed by atoms with van der Waals surface area (Å²) in [6.07, 6.45) is 5.80. The van der Waals surface area contributed by atoms with Gasteiger partial charge in [0.2, 0.25) is 0 Å². The third-order valence-corrected chi connectivity index (χ3v) is 9.15. The minimum atomic E-state index is -3.20. The van der Waals surface area contributed by atoms with Crippen LogP contribution < -0.4 is 14.8 Å². The number of methoxy groups -OCH3 is 1. The van der Waals surface area contributed by atoms with Crippen LogP contribution in [0.3, 0.4) is 0 Å². The van der Waals surface area contributed by atoms with Crippen LogP contribution in [0.5, 0.6) is 11.5 Å². The molecule has 0 radical (unpaired) electrons. The summed E-state index contributed by atoms with van der Waals surface area (Å²) in [5.74, 6) is 1.22. The number of nitrogens with zero attached hydrogens (tertiary/aromatic N) is 3. The third kappa shape index (κ3) is 8.11. The van der Waals surface area contributed by atoms with E-state index in [1.165, 1.54) is 12.5 Å². The molecular formula is C32H38N4O6S. The van der Waals surface area contributed by atoms with Crippen molar-refractivity contribution in [3.63, 3.8) is 0 Å². The van der Waals surface area contributed by atoms with Gasteiger partial charge in [-0.15, -0.1) is 0 Å². The van der Waals surface area contributed by atoms with Gasteiger partial charge in [-0.1, -0.05) is 12.1 Å². The number of hydrogen-bond acceptors (Lipinski definition) is 8. The zero-order chi connectivity index (χ0) is 30.4. The van der Waals surface area contributed by atoms with Crippen molar-refractivity contribution >= 4 is 21.7 Å². The van der Waals surface area contributed by atoms with Gasteiger partial charge in [-0.05, 0) is 66.9 Å². The Balaban J connectivity index is 1.04. The molecule has 0 spiro atoms. The second kappa shape index (κ2) is 13.6. The van der Waals surface area contributed by atoms with Crippen molar-refractivity contribution in [1.82, 2.24) is 20.1 Å². The highest BCUT2D eigenvalue weighted by atomic mass is 32.2. The predicted molar refractivity (Wildman–Crippen MR) is 162 cm³/mol. The van der Waals surface area contributed by atoms with Crippen molar-refractivity contribution in [2.24, 2.45) is 0 Å². The van der Waals surface area contributed by atoms with Crippen molar-refractivity contribution in [2.45, 2.75) is 49.3 Å². The molecule has 2 fully saturated rings. The fourth-order valence-electron chi connectivity index (χ4n) is 5.44. The summed E-state index contributed by atoms with van der Waals surface area (Å²) < 4.78 is 34.6. The Kier molecular flexibility index (Phi) is 9.62. The van der Waals surface area contributed by atoms with E-state index in [2.05, 4.69) is 15.2 Å². The fraction of sp³-hybridized carbons (Fsp3) is 0.406. The van der Waals surface area contributed by atoms with Crippen LogP contribution in [0.2, 0.25) is 0 Å². The molecule has 5 rings (SSSR count). The van der Waals surface area contributed by atoms with E-state index in [4.69, 9.17) is 9.47 Å². The first-order valence-corrected chi connectivity index (χ1v) is 16.5. The van der Waals surface area contributed by atoms with Crippen molar-refractivity contribution in [1.29, 1.82) is 0 Å². The van der Waals surface area contributed by atoms with Gasteiger partial charge in [0.15, 0.2) is 9.84 Å². The summed E-state index contributed by atoms with van der Waals surface area (Å²) in [4.78, 5) is 34.6. The van der Waals surface area contributed by atoms with E-state index in [1.807, 2.05) is 36.4 Å². The van der Waals surface area contributed by atoms with E-state index in [1.54, 1.807) is 36.3 Å². The average Bonchev–Trinajstić information content (AvgIpc) is 3.02. The highest BCUT2D eigenvalue weighted by molar-refractivity contribution is 7.90.